The number of halogens is 7. The minimum absolute atomic E-state index is 2.86. The second kappa shape index (κ2) is 3.13. The van der Waals surface area contributed by atoms with E-state index in [2.05, 4.69) is 23.2 Å². The summed E-state index contributed by atoms with van der Waals surface area (Å²) in [4.78, 5) is 9.78. The molecule has 0 spiro atoms. The van der Waals surface area contributed by atoms with Gasteiger partial charge in [0.15, 0.2) is 0 Å². The quantitative estimate of drug-likeness (QED) is 0.601. The Morgan fingerprint density at radius 1 is 1.08 bits per heavy atom. The summed E-state index contributed by atoms with van der Waals surface area (Å²) in [7, 11) is 0. The highest BCUT2D eigenvalue weighted by molar-refractivity contribution is 6.40. The van der Waals surface area contributed by atoms with Crippen LogP contribution in [0.3, 0.4) is 0 Å². The van der Waals surface area contributed by atoms with Gasteiger partial charge in [-0.3, -0.25) is 0 Å². The average molecular weight is 247 g/mol. The second-order valence-corrected chi connectivity index (χ2v) is 2.99. The molecule has 2 nitrogen and oxygen atoms in total. The molecule has 78 valence electrons. The van der Waals surface area contributed by atoms with Gasteiger partial charge in [0.25, 0.3) is 0 Å². The number of carboxylic acids is 1. The zero-order chi connectivity index (χ0) is 11.1. The maximum atomic E-state index is 12.4. The third-order valence-corrected chi connectivity index (χ3v) is 2.01. The molecule has 0 aromatic rings. The first-order valence-electron chi connectivity index (χ1n) is 2.50. The molecule has 0 heterocycles. The first kappa shape index (κ1) is 12.7. The Morgan fingerprint density at radius 3 is 1.46 bits per heavy atom. The molecule has 0 fully saturated rings. The Bertz CT molecular complexity index is 223. The highest BCUT2D eigenvalue weighted by Crippen LogP contribution is 2.49. The van der Waals surface area contributed by atoms with Crippen molar-refractivity contribution in [2.45, 2.75) is 16.4 Å². The molecule has 0 bridgehead atoms. The fourth-order valence-corrected chi connectivity index (χ4v) is 0.500. The molecule has 0 aliphatic heterocycles. The first-order chi connectivity index (χ1) is 5.44. The number of hydrogen-bond donors (Lipinski definition) is 1. The van der Waals surface area contributed by atoms with E-state index < -0.39 is 22.4 Å². The van der Waals surface area contributed by atoms with Crippen molar-refractivity contribution in [3.05, 3.63) is 0 Å². The number of alkyl halides is 7. The molecule has 2 atom stereocenters. The van der Waals surface area contributed by atoms with Gasteiger partial charge in [-0.15, -0.1) is 0 Å². The van der Waals surface area contributed by atoms with Crippen LogP contribution >= 0.6 is 23.2 Å². The molecule has 9 heteroatoms. The van der Waals surface area contributed by atoms with Gasteiger partial charge in [-0.05, 0) is 0 Å². The van der Waals surface area contributed by atoms with Crippen LogP contribution in [0.15, 0.2) is 0 Å². The maximum absolute atomic E-state index is 12.4. The van der Waals surface area contributed by atoms with Crippen LogP contribution in [-0.2, 0) is 4.79 Å². The monoisotopic (exact) mass is 246 g/mol. The Kier molecular flexibility index (Phi) is 3.05. The zero-order valence-electron chi connectivity index (χ0n) is 5.50. The van der Waals surface area contributed by atoms with Crippen molar-refractivity contribution < 1.29 is 31.9 Å². The van der Waals surface area contributed by atoms with Crippen LogP contribution in [-0.4, -0.2) is 27.5 Å². The number of rotatable bonds is 2. The van der Waals surface area contributed by atoms with E-state index in [0.29, 0.717) is 0 Å². The van der Waals surface area contributed by atoms with Crippen molar-refractivity contribution in [1.29, 1.82) is 0 Å². The fraction of sp³-hybridized carbons (Fsp3) is 0.750. The lowest BCUT2D eigenvalue weighted by Gasteiger charge is -2.27. The lowest BCUT2D eigenvalue weighted by atomic mass is 10.2. The molecule has 0 saturated heterocycles. The van der Waals surface area contributed by atoms with E-state index in [1.165, 1.54) is 0 Å². The molecule has 0 amide bonds. The average Bonchev–Trinajstić information content (AvgIpc) is 1.84. The Balaban J connectivity index is 5.16. The molecule has 1 N–H and O–H groups in total. The topological polar surface area (TPSA) is 37.3 Å². The van der Waals surface area contributed by atoms with Gasteiger partial charge in [0.2, 0.25) is 0 Å². The number of hydrogen-bond acceptors (Lipinski definition) is 1. The smallest absolute Gasteiger partial charge is 0.442 e. The van der Waals surface area contributed by atoms with E-state index in [0.717, 1.165) is 0 Å². The number of carbonyl (C=O) groups is 1. The fourth-order valence-electron chi connectivity index (χ4n) is 0.312. The van der Waals surface area contributed by atoms with Crippen LogP contribution in [0.5, 0.6) is 0 Å². The largest absolute Gasteiger partial charge is 0.478 e. The van der Waals surface area contributed by atoms with Crippen LogP contribution < -0.4 is 0 Å². The highest BCUT2D eigenvalue weighted by atomic mass is 35.5. The second-order valence-electron chi connectivity index (χ2n) is 1.95. The third-order valence-electron chi connectivity index (χ3n) is 1.02. The summed E-state index contributed by atoms with van der Waals surface area (Å²) in [6, 6.07) is 0. The van der Waals surface area contributed by atoms with Gasteiger partial charge in [0.05, 0.1) is 0 Å². The Morgan fingerprint density at radius 2 is 1.38 bits per heavy atom. The number of aliphatic carboxylic acids is 1. The van der Waals surface area contributed by atoms with Crippen molar-refractivity contribution in [3.8, 4) is 0 Å². The minimum atomic E-state index is -5.93. The van der Waals surface area contributed by atoms with Crippen molar-refractivity contribution in [2.24, 2.45) is 0 Å². The van der Waals surface area contributed by atoms with E-state index in [9.17, 15) is 26.7 Å². The molecule has 0 aliphatic carbocycles. The summed E-state index contributed by atoms with van der Waals surface area (Å²) in [5.41, 5.74) is 0. The molecular weight excluding hydrogens is 246 g/mol. The van der Waals surface area contributed by atoms with Crippen molar-refractivity contribution in [3.63, 3.8) is 0 Å². The standard InChI is InChI=1S/C4HCl2F5O2/c5-2(7,1(12)13)3(6,8)4(9,10)11/h(H,12,13). The van der Waals surface area contributed by atoms with E-state index in [1.54, 1.807) is 0 Å². The maximum Gasteiger partial charge on any atom is 0.442 e. The summed E-state index contributed by atoms with van der Waals surface area (Å²) in [5.74, 6) is -2.86. The number of carboxylic acid groups (broad SMARTS) is 1. The first-order valence-corrected chi connectivity index (χ1v) is 3.26. The van der Waals surface area contributed by atoms with Crippen molar-refractivity contribution >= 4 is 29.2 Å². The van der Waals surface area contributed by atoms with Crippen LogP contribution in [0.25, 0.3) is 0 Å². The molecule has 0 aromatic heterocycles. The summed E-state index contributed by atoms with van der Waals surface area (Å²) >= 11 is 8.17. The lowest BCUT2D eigenvalue weighted by Crippen LogP contribution is -2.54. The lowest BCUT2D eigenvalue weighted by molar-refractivity contribution is -0.226. The molecule has 0 saturated carbocycles. The van der Waals surface area contributed by atoms with Gasteiger partial charge >= 0.3 is 22.4 Å². The molecule has 13 heavy (non-hydrogen) atoms. The van der Waals surface area contributed by atoms with Crippen LogP contribution in [0.1, 0.15) is 0 Å². The zero-order valence-corrected chi connectivity index (χ0v) is 7.01. The van der Waals surface area contributed by atoms with Crippen LogP contribution in [0, 0.1) is 0 Å². The van der Waals surface area contributed by atoms with Gasteiger partial charge in [-0.2, -0.15) is 13.2 Å². The van der Waals surface area contributed by atoms with Gasteiger partial charge < -0.3 is 5.11 Å². The van der Waals surface area contributed by atoms with E-state index in [1.807, 2.05) is 0 Å². The molecule has 0 aliphatic rings. The van der Waals surface area contributed by atoms with Gasteiger partial charge in [0, 0.05) is 0 Å². The molecule has 2 unspecified atom stereocenters. The molecule has 0 rings (SSSR count). The van der Waals surface area contributed by atoms with Crippen molar-refractivity contribution in [2.75, 3.05) is 0 Å². The van der Waals surface area contributed by atoms with Crippen LogP contribution in [0.4, 0.5) is 22.0 Å². The van der Waals surface area contributed by atoms with E-state index >= 15 is 0 Å². The SMILES string of the molecule is O=C(O)C(F)(Cl)C(F)(Cl)C(F)(F)F. The van der Waals surface area contributed by atoms with Gasteiger partial charge in [-0.25, -0.2) is 13.6 Å². The molecule has 0 radical (unpaired) electrons. The summed E-state index contributed by atoms with van der Waals surface area (Å²) in [6.45, 7) is 0. The summed E-state index contributed by atoms with van der Waals surface area (Å²) in [5, 5.41) is -2.12. The molecular formula is C4HCl2F5O2. The normalized spacial score (nSPS) is 21.8. The predicted octanol–water partition coefficient (Wildman–Crippen LogP) is 2.44. The van der Waals surface area contributed by atoms with Crippen LogP contribution in [0.2, 0.25) is 0 Å². The highest BCUT2D eigenvalue weighted by Gasteiger charge is 2.72. The predicted molar refractivity (Wildman–Crippen MR) is 33.1 cm³/mol. The minimum Gasteiger partial charge on any atom is -0.478 e. The van der Waals surface area contributed by atoms with Crippen molar-refractivity contribution in [1.82, 2.24) is 0 Å². The Labute approximate surface area is 78.2 Å². The Hall–Kier alpha value is -0.300. The summed E-state index contributed by atoms with van der Waals surface area (Å²) in [6.07, 6.45) is -5.93. The summed E-state index contributed by atoms with van der Waals surface area (Å²) < 4.78 is 59.6. The van der Waals surface area contributed by atoms with E-state index in [4.69, 9.17) is 5.11 Å². The van der Waals surface area contributed by atoms with Gasteiger partial charge in [0.1, 0.15) is 0 Å². The van der Waals surface area contributed by atoms with Gasteiger partial charge in [-0.1, -0.05) is 23.2 Å². The third kappa shape index (κ3) is 1.96. The molecule has 0 aromatic carbocycles. The van der Waals surface area contributed by atoms with E-state index in [-0.39, 0.29) is 0 Å².